The first-order valence-corrected chi connectivity index (χ1v) is 10.2. The van der Waals surface area contributed by atoms with E-state index in [1.165, 1.54) is 11.8 Å². The molecule has 4 rings (SSSR count). The van der Waals surface area contributed by atoms with E-state index in [9.17, 15) is 4.79 Å². The van der Waals surface area contributed by atoms with Crippen molar-refractivity contribution < 1.29 is 9.53 Å². The maximum absolute atomic E-state index is 12.3. The average Bonchev–Trinajstić information content (AvgIpc) is 3.47. The number of carbonyl (C=O) groups is 1. The van der Waals surface area contributed by atoms with E-state index in [0.717, 1.165) is 40.8 Å². The molecule has 144 valence electrons. The van der Waals surface area contributed by atoms with E-state index in [2.05, 4.69) is 25.1 Å². The van der Waals surface area contributed by atoms with Gasteiger partial charge in [-0.1, -0.05) is 11.8 Å². The SMILES string of the molecule is CCOc1ccc(NC(=O)CSc2nnc(-c3cccnc3)n2C2CC2)cc1. The smallest absolute Gasteiger partial charge is 0.234 e. The van der Waals surface area contributed by atoms with Crippen LogP contribution in [0.15, 0.2) is 53.9 Å². The standard InChI is InChI=1S/C20H21N5O2S/c1-2-27-17-9-5-15(6-10-17)22-18(26)13-28-20-24-23-19(25(20)16-7-8-16)14-4-3-11-21-12-14/h3-6,9-12,16H,2,7-8,13H2,1H3,(H,22,26). The number of ether oxygens (including phenoxy) is 1. The van der Waals surface area contributed by atoms with Crippen LogP contribution in [0.2, 0.25) is 0 Å². The fraction of sp³-hybridized carbons (Fsp3) is 0.300. The molecule has 1 amide bonds. The molecule has 3 aromatic rings. The number of carbonyl (C=O) groups excluding carboxylic acids is 1. The van der Waals surface area contributed by atoms with E-state index < -0.39 is 0 Å². The molecule has 8 heteroatoms. The van der Waals surface area contributed by atoms with Crippen molar-refractivity contribution in [3.63, 3.8) is 0 Å². The highest BCUT2D eigenvalue weighted by molar-refractivity contribution is 7.99. The molecule has 0 atom stereocenters. The zero-order chi connectivity index (χ0) is 19.3. The Kier molecular flexibility index (Phi) is 5.57. The molecule has 1 N–H and O–H groups in total. The van der Waals surface area contributed by atoms with Crippen molar-refractivity contribution in [2.45, 2.75) is 31.0 Å². The van der Waals surface area contributed by atoms with Gasteiger partial charge in [-0.05, 0) is 56.2 Å². The minimum atomic E-state index is -0.0811. The zero-order valence-electron chi connectivity index (χ0n) is 15.5. The Labute approximate surface area is 167 Å². The number of nitrogens with one attached hydrogen (secondary N) is 1. The van der Waals surface area contributed by atoms with E-state index in [4.69, 9.17) is 4.74 Å². The Morgan fingerprint density at radius 3 is 2.75 bits per heavy atom. The Hall–Kier alpha value is -2.87. The summed E-state index contributed by atoms with van der Waals surface area (Å²) in [5, 5.41) is 12.3. The van der Waals surface area contributed by atoms with Crippen LogP contribution < -0.4 is 10.1 Å². The van der Waals surface area contributed by atoms with Crippen molar-refractivity contribution in [2.75, 3.05) is 17.7 Å². The number of nitrogens with zero attached hydrogens (tertiary/aromatic N) is 4. The Morgan fingerprint density at radius 1 is 1.25 bits per heavy atom. The zero-order valence-corrected chi connectivity index (χ0v) is 16.4. The van der Waals surface area contributed by atoms with Crippen LogP contribution in [0.25, 0.3) is 11.4 Å². The largest absolute Gasteiger partial charge is 0.494 e. The van der Waals surface area contributed by atoms with E-state index >= 15 is 0 Å². The van der Waals surface area contributed by atoms with Crippen LogP contribution >= 0.6 is 11.8 Å². The van der Waals surface area contributed by atoms with Crippen molar-refractivity contribution in [2.24, 2.45) is 0 Å². The molecule has 1 fully saturated rings. The third-order valence-corrected chi connectivity index (χ3v) is 5.22. The molecule has 0 bridgehead atoms. The van der Waals surface area contributed by atoms with Gasteiger partial charge in [-0.2, -0.15) is 0 Å². The first kappa shape index (κ1) is 18.5. The van der Waals surface area contributed by atoms with Crippen molar-refractivity contribution >= 4 is 23.4 Å². The number of thioether (sulfide) groups is 1. The maximum atomic E-state index is 12.3. The molecule has 2 heterocycles. The number of anilines is 1. The van der Waals surface area contributed by atoms with Crippen molar-refractivity contribution in [3.8, 4) is 17.1 Å². The lowest BCUT2D eigenvalue weighted by atomic mass is 10.3. The molecule has 0 spiro atoms. The van der Waals surface area contributed by atoms with Crippen LogP contribution in [0, 0.1) is 0 Å². The normalized spacial score (nSPS) is 13.3. The Bertz CT molecular complexity index is 939. The molecule has 0 radical (unpaired) electrons. The van der Waals surface area contributed by atoms with Crippen LogP contribution in [0.4, 0.5) is 5.69 Å². The van der Waals surface area contributed by atoms with Crippen LogP contribution in [-0.4, -0.2) is 38.0 Å². The van der Waals surface area contributed by atoms with E-state index in [1.807, 2.05) is 43.3 Å². The minimum Gasteiger partial charge on any atom is -0.494 e. The van der Waals surface area contributed by atoms with Crippen LogP contribution in [0.3, 0.4) is 0 Å². The lowest BCUT2D eigenvalue weighted by Crippen LogP contribution is -2.14. The summed E-state index contributed by atoms with van der Waals surface area (Å²) >= 11 is 1.40. The summed E-state index contributed by atoms with van der Waals surface area (Å²) in [6.07, 6.45) is 5.74. The van der Waals surface area contributed by atoms with Gasteiger partial charge >= 0.3 is 0 Å². The number of pyridine rings is 1. The molecule has 1 aliphatic rings. The van der Waals surface area contributed by atoms with E-state index in [1.54, 1.807) is 12.4 Å². The number of hydrogen-bond donors (Lipinski definition) is 1. The highest BCUT2D eigenvalue weighted by atomic mass is 32.2. The quantitative estimate of drug-likeness (QED) is 0.584. The molecule has 0 aliphatic heterocycles. The first-order valence-electron chi connectivity index (χ1n) is 9.25. The molecule has 7 nitrogen and oxygen atoms in total. The fourth-order valence-corrected chi connectivity index (χ4v) is 3.66. The van der Waals surface area contributed by atoms with Crippen LogP contribution in [0.5, 0.6) is 5.75 Å². The van der Waals surface area contributed by atoms with Crippen molar-refractivity contribution in [1.29, 1.82) is 0 Å². The number of rotatable bonds is 8. The molecule has 1 aromatic carbocycles. The van der Waals surface area contributed by atoms with Crippen LogP contribution in [-0.2, 0) is 4.79 Å². The molecular weight excluding hydrogens is 374 g/mol. The summed E-state index contributed by atoms with van der Waals surface area (Å²) in [4.78, 5) is 16.5. The van der Waals surface area contributed by atoms with Gasteiger partial charge in [0.05, 0.1) is 12.4 Å². The van der Waals surface area contributed by atoms with E-state index in [0.29, 0.717) is 12.6 Å². The second-order valence-electron chi connectivity index (χ2n) is 6.44. The molecule has 28 heavy (non-hydrogen) atoms. The monoisotopic (exact) mass is 395 g/mol. The molecule has 2 aromatic heterocycles. The van der Waals surface area contributed by atoms with Gasteiger partial charge in [0.1, 0.15) is 5.75 Å². The summed E-state index contributed by atoms with van der Waals surface area (Å²) in [6.45, 7) is 2.55. The van der Waals surface area contributed by atoms with Gasteiger partial charge in [-0.25, -0.2) is 0 Å². The topological polar surface area (TPSA) is 81.9 Å². The second kappa shape index (κ2) is 8.43. The predicted molar refractivity (Wildman–Crippen MR) is 108 cm³/mol. The van der Waals surface area contributed by atoms with Gasteiger partial charge in [0, 0.05) is 29.7 Å². The third kappa shape index (κ3) is 4.33. The third-order valence-electron chi connectivity index (χ3n) is 4.28. The summed E-state index contributed by atoms with van der Waals surface area (Å²) in [6, 6.07) is 11.6. The molecule has 1 saturated carbocycles. The maximum Gasteiger partial charge on any atom is 0.234 e. The predicted octanol–water partition coefficient (Wildman–Crippen LogP) is 3.80. The first-order chi connectivity index (χ1) is 13.7. The van der Waals surface area contributed by atoms with Crippen molar-refractivity contribution in [3.05, 3.63) is 48.8 Å². The molecular formula is C20H21N5O2S. The molecule has 0 unspecified atom stereocenters. The van der Waals surface area contributed by atoms with Gasteiger partial charge in [0.25, 0.3) is 0 Å². The van der Waals surface area contributed by atoms with Gasteiger partial charge in [-0.15, -0.1) is 10.2 Å². The van der Waals surface area contributed by atoms with Crippen LogP contribution in [0.1, 0.15) is 25.8 Å². The number of amides is 1. The highest BCUT2D eigenvalue weighted by Crippen LogP contribution is 2.40. The second-order valence-corrected chi connectivity index (χ2v) is 7.39. The number of aromatic nitrogens is 4. The minimum absolute atomic E-state index is 0.0811. The molecule has 0 saturated heterocycles. The highest BCUT2D eigenvalue weighted by Gasteiger charge is 2.30. The lowest BCUT2D eigenvalue weighted by Gasteiger charge is -2.09. The Morgan fingerprint density at radius 2 is 2.07 bits per heavy atom. The number of hydrogen-bond acceptors (Lipinski definition) is 6. The van der Waals surface area contributed by atoms with Crippen molar-refractivity contribution in [1.82, 2.24) is 19.7 Å². The summed E-state index contributed by atoms with van der Waals surface area (Å²) in [5.74, 6) is 1.79. The fourth-order valence-electron chi connectivity index (χ4n) is 2.86. The number of benzene rings is 1. The molecule has 1 aliphatic carbocycles. The summed E-state index contributed by atoms with van der Waals surface area (Å²) in [7, 11) is 0. The van der Waals surface area contributed by atoms with E-state index in [-0.39, 0.29) is 11.7 Å². The van der Waals surface area contributed by atoms with Gasteiger partial charge in [0.2, 0.25) is 5.91 Å². The van der Waals surface area contributed by atoms with Gasteiger partial charge < -0.3 is 10.1 Å². The lowest BCUT2D eigenvalue weighted by molar-refractivity contribution is -0.113. The summed E-state index contributed by atoms with van der Waals surface area (Å²) in [5.41, 5.74) is 1.68. The van der Waals surface area contributed by atoms with Gasteiger partial charge in [0.15, 0.2) is 11.0 Å². The van der Waals surface area contributed by atoms with Gasteiger partial charge in [-0.3, -0.25) is 14.3 Å². The Balaban J connectivity index is 1.41. The summed E-state index contributed by atoms with van der Waals surface area (Å²) < 4.78 is 7.54. The average molecular weight is 395 g/mol.